The first-order chi connectivity index (χ1) is 6.90. The maximum atomic E-state index is 11.1. The third-order valence-electron chi connectivity index (χ3n) is 3.28. The Hall–Kier alpha value is -0.610. The summed E-state index contributed by atoms with van der Waals surface area (Å²) in [5.74, 6) is -1.32. The Balaban J connectivity index is 2.80. The minimum Gasteiger partial charge on any atom is -0.479 e. The van der Waals surface area contributed by atoms with Crippen molar-refractivity contribution in [3.05, 3.63) is 0 Å². The van der Waals surface area contributed by atoms with Crippen molar-refractivity contribution in [3.63, 3.8) is 0 Å². The zero-order chi connectivity index (χ0) is 11.6. The van der Waals surface area contributed by atoms with E-state index in [9.17, 15) is 9.90 Å². The fraction of sp³-hybridized carbons (Fsp3) is 0.909. The number of hydrogen-bond donors (Lipinski definition) is 2. The summed E-state index contributed by atoms with van der Waals surface area (Å²) in [6, 6.07) is 0. The van der Waals surface area contributed by atoms with Crippen molar-refractivity contribution in [1.82, 2.24) is 0 Å². The summed E-state index contributed by atoms with van der Waals surface area (Å²) in [6.07, 6.45) is 1.52. The smallest absolute Gasteiger partial charge is 0.335 e. The van der Waals surface area contributed by atoms with Gasteiger partial charge in [0.05, 0.1) is 12.2 Å². The Labute approximate surface area is 90.2 Å². The monoisotopic (exact) mass is 216 g/mol. The molecule has 4 heteroatoms. The Kier molecular flexibility index (Phi) is 3.73. The number of hydrogen-bond acceptors (Lipinski definition) is 3. The maximum Gasteiger partial charge on any atom is 0.335 e. The summed E-state index contributed by atoms with van der Waals surface area (Å²) < 4.78 is 5.53. The second-order valence-electron chi connectivity index (χ2n) is 4.51. The van der Waals surface area contributed by atoms with Gasteiger partial charge in [0.25, 0.3) is 0 Å². The Bertz CT molecular complexity index is 231. The van der Waals surface area contributed by atoms with Crippen LogP contribution in [-0.2, 0) is 9.53 Å². The van der Waals surface area contributed by atoms with Gasteiger partial charge in [0.2, 0.25) is 0 Å². The van der Waals surface area contributed by atoms with Crippen LogP contribution in [0, 0.1) is 5.92 Å². The average molecular weight is 216 g/mol. The van der Waals surface area contributed by atoms with E-state index in [-0.39, 0.29) is 24.5 Å². The van der Waals surface area contributed by atoms with Crippen molar-refractivity contribution in [3.8, 4) is 0 Å². The van der Waals surface area contributed by atoms with Crippen molar-refractivity contribution in [2.75, 3.05) is 0 Å². The summed E-state index contributed by atoms with van der Waals surface area (Å²) in [4.78, 5) is 11.1. The zero-order valence-electron chi connectivity index (χ0n) is 9.56. The largest absolute Gasteiger partial charge is 0.479 e. The van der Waals surface area contributed by atoms with Gasteiger partial charge in [-0.2, -0.15) is 0 Å². The van der Waals surface area contributed by atoms with E-state index < -0.39 is 11.6 Å². The highest BCUT2D eigenvalue weighted by Crippen LogP contribution is 2.35. The lowest BCUT2D eigenvalue weighted by Gasteiger charge is -2.39. The lowest BCUT2D eigenvalue weighted by Crippen LogP contribution is -2.49. The normalized spacial score (nSPS) is 35.9. The molecule has 1 aliphatic heterocycles. The molecule has 15 heavy (non-hydrogen) atoms. The van der Waals surface area contributed by atoms with Crippen LogP contribution in [0.4, 0.5) is 0 Å². The summed E-state index contributed by atoms with van der Waals surface area (Å²) >= 11 is 0. The van der Waals surface area contributed by atoms with E-state index in [0.717, 1.165) is 0 Å². The molecule has 0 aliphatic carbocycles. The molecule has 1 rings (SSSR count). The highest BCUT2D eigenvalue weighted by atomic mass is 16.5. The molecule has 1 aliphatic rings. The van der Waals surface area contributed by atoms with Crippen LogP contribution in [0.2, 0.25) is 0 Å². The van der Waals surface area contributed by atoms with E-state index in [4.69, 9.17) is 9.84 Å². The van der Waals surface area contributed by atoms with Crippen LogP contribution in [-0.4, -0.2) is 34.0 Å². The second-order valence-corrected chi connectivity index (χ2v) is 4.51. The van der Waals surface area contributed by atoms with Gasteiger partial charge in [0.1, 0.15) is 0 Å². The third-order valence-corrected chi connectivity index (χ3v) is 3.28. The van der Waals surface area contributed by atoms with Crippen molar-refractivity contribution in [2.45, 2.75) is 57.8 Å². The van der Waals surface area contributed by atoms with E-state index in [2.05, 4.69) is 0 Å². The van der Waals surface area contributed by atoms with Gasteiger partial charge in [-0.3, -0.25) is 0 Å². The van der Waals surface area contributed by atoms with Crippen LogP contribution in [0.5, 0.6) is 0 Å². The van der Waals surface area contributed by atoms with Crippen LogP contribution in [0.1, 0.15) is 40.0 Å². The lowest BCUT2D eigenvalue weighted by molar-refractivity contribution is -0.175. The van der Waals surface area contributed by atoms with Crippen molar-refractivity contribution in [1.29, 1.82) is 0 Å². The SMILES string of the molecule is CCC(O)(C(=O)O)C1CC(C)OC(C)C1. The average Bonchev–Trinajstić information content (AvgIpc) is 2.14. The van der Waals surface area contributed by atoms with E-state index in [0.29, 0.717) is 12.8 Å². The van der Waals surface area contributed by atoms with Crippen LogP contribution in [0.15, 0.2) is 0 Å². The number of rotatable bonds is 3. The molecule has 2 N–H and O–H groups in total. The molecular formula is C11H20O4. The molecule has 1 saturated heterocycles. The van der Waals surface area contributed by atoms with Crippen LogP contribution >= 0.6 is 0 Å². The predicted octanol–water partition coefficient (Wildman–Crippen LogP) is 1.42. The van der Waals surface area contributed by atoms with E-state index in [1.807, 2.05) is 13.8 Å². The quantitative estimate of drug-likeness (QED) is 0.748. The molecule has 88 valence electrons. The number of carboxylic acid groups (broad SMARTS) is 1. The highest BCUT2D eigenvalue weighted by Gasteiger charge is 2.45. The number of carbonyl (C=O) groups is 1. The van der Waals surface area contributed by atoms with Gasteiger partial charge in [-0.05, 0) is 33.1 Å². The maximum absolute atomic E-state index is 11.1. The highest BCUT2D eigenvalue weighted by molar-refractivity contribution is 5.77. The van der Waals surface area contributed by atoms with Crippen molar-refractivity contribution in [2.24, 2.45) is 5.92 Å². The van der Waals surface area contributed by atoms with Crippen LogP contribution < -0.4 is 0 Å². The molecule has 0 radical (unpaired) electrons. The molecule has 1 heterocycles. The molecule has 4 nitrogen and oxygen atoms in total. The summed E-state index contributed by atoms with van der Waals surface area (Å²) in [6.45, 7) is 5.54. The molecule has 0 spiro atoms. The molecule has 0 aromatic carbocycles. The molecule has 0 aromatic rings. The molecule has 0 bridgehead atoms. The number of aliphatic hydroxyl groups is 1. The van der Waals surface area contributed by atoms with Gasteiger partial charge in [-0.15, -0.1) is 0 Å². The van der Waals surface area contributed by atoms with Crippen LogP contribution in [0.25, 0.3) is 0 Å². The fourth-order valence-electron chi connectivity index (χ4n) is 2.41. The Morgan fingerprint density at radius 3 is 2.20 bits per heavy atom. The molecule has 3 unspecified atom stereocenters. The fourth-order valence-corrected chi connectivity index (χ4v) is 2.41. The van der Waals surface area contributed by atoms with Gasteiger partial charge < -0.3 is 14.9 Å². The lowest BCUT2D eigenvalue weighted by atomic mass is 9.77. The number of carboxylic acids is 1. The zero-order valence-corrected chi connectivity index (χ0v) is 9.56. The van der Waals surface area contributed by atoms with Gasteiger partial charge in [0.15, 0.2) is 5.60 Å². The van der Waals surface area contributed by atoms with Gasteiger partial charge in [0, 0.05) is 5.92 Å². The first kappa shape index (κ1) is 12.5. The van der Waals surface area contributed by atoms with Crippen LogP contribution in [0.3, 0.4) is 0 Å². The van der Waals surface area contributed by atoms with Gasteiger partial charge in [-0.25, -0.2) is 4.79 Å². The second kappa shape index (κ2) is 4.49. The third kappa shape index (κ3) is 2.49. The Morgan fingerprint density at radius 2 is 1.87 bits per heavy atom. The number of ether oxygens (including phenoxy) is 1. The van der Waals surface area contributed by atoms with Gasteiger partial charge in [-0.1, -0.05) is 6.92 Å². The topological polar surface area (TPSA) is 66.8 Å². The molecule has 0 aromatic heterocycles. The molecule has 0 amide bonds. The van der Waals surface area contributed by atoms with E-state index in [1.165, 1.54) is 0 Å². The Morgan fingerprint density at radius 1 is 1.40 bits per heavy atom. The molecule has 3 atom stereocenters. The van der Waals surface area contributed by atoms with E-state index >= 15 is 0 Å². The standard InChI is InChI=1S/C11H20O4/c1-4-11(14,10(12)13)9-5-7(2)15-8(3)6-9/h7-9,14H,4-6H2,1-3H3,(H,12,13). The minimum absolute atomic E-state index is 0.0242. The number of aliphatic carboxylic acids is 1. The van der Waals surface area contributed by atoms with E-state index in [1.54, 1.807) is 6.92 Å². The molecule has 1 fully saturated rings. The predicted molar refractivity (Wildman–Crippen MR) is 55.6 cm³/mol. The minimum atomic E-state index is -1.59. The summed E-state index contributed by atoms with van der Waals surface area (Å²) in [5, 5.41) is 19.2. The van der Waals surface area contributed by atoms with Crippen molar-refractivity contribution >= 4 is 5.97 Å². The first-order valence-electron chi connectivity index (χ1n) is 5.51. The molecule has 0 saturated carbocycles. The first-order valence-corrected chi connectivity index (χ1v) is 5.51. The van der Waals surface area contributed by atoms with Crippen molar-refractivity contribution < 1.29 is 19.7 Å². The summed E-state index contributed by atoms with van der Waals surface area (Å²) in [5.41, 5.74) is -1.59. The van der Waals surface area contributed by atoms with Gasteiger partial charge >= 0.3 is 5.97 Å². The molecular weight excluding hydrogens is 196 g/mol. The summed E-state index contributed by atoms with van der Waals surface area (Å²) in [7, 11) is 0.